The van der Waals surface area contributed by atoms with E-state index >= 15 is 0 Å². The van der Waals surface area contributed by atoms with Crippen molar-refractivity contribution >= 4 is 28.5 Å². The minimum atomic E-state index is -0.202. The van der Waals surface area contributed by atoms with Gasteiger partial charge in [-0.25, -0.2) is 9.37 Å². The summed E-state index contributed by atoms with van der Waals surface area (Å²) in [5, 5.41) is 7.99. The number of rotatable bonds is 7. The molecular formula is C25H32FN7O2. The number of benzene rings is 1. The fourth-order valence-electron chi connectivity index (χ4n) is 5.07. The summed E-state index contributed by atoms with van der Waals surface area (Å²) in [4.78, 5) is 28.4. The van der Waals surface area contributed by atoms with Crippen molar-refractivity contribution in [2.45, 2.75) is 26.2 Å². The summed E-state index contributed by atoms with van der Waals surface area (Å²) in [7, 11) is 0. The highest BCUT2D eigenvalue weighted by atomic mass is 19.1. The zero-order chi connectivity index (χ0) is 24.2. The number of carbonyl (C=O) groups excluding carboxylic acids is 1. The van der Waals surface area contributed by atoms with Crippen LogP contribution in [0.15, 0.2) is 35.1 Å². The summed E-state index contributed by atoms with van der Waals surface area (Å²) < 4.78 is 18.4. The minimum absolute atomic E-state index is 0.0619. The third-order valence-corrected chi connectivity index (χ3v) is 7.03. The van der Waals surface area contributed by atoms with Crippen LogP contribution in [-0.4, -0.2) is 78.3 Å². The maximum absolute atomic E-state index is 13.2. The van der Waals surface area contributed by atoms with Crippen LogP contribution in [0.3, 0.4) is 0 Å². The zero-order valence-corrected chi connectivity index (χ0v) is 20.1. The molecule has 35 heavy (non-hydrogen) atoms. The number of hydrogen-bond donors (Lipinski definition) is 1. The van der Waals surface area contributed by atoms with E-state index in [1.807, 2.05) is 19.1 Å². The molecule has 3 aromatic rings. The highest BCUT2D eigenvalue weighted by molar-refractivity contribution is 5.88. The van der Waals surface area contributed by atoms with E-state index in [-0.39, 0.29) is 17.6 Å². The first-order chi connectivity index (χ1) is 17.1. The lowest BCUT2D eigenvalue weighted by Gasteiger charge is -2.36. The van der Waals surface area contributed by atoms with Crippen molar-refractivity contribution in [3.63, 3.8) is 0 Å². The molecule has 2 aromatic heterocycles. The average Bonchev–Trinajstić information content (AvgIpc) is 3.28. The molecule has 4 heterocycles. The smallest absolute Gasteiger partial charge is 0.263 e. The lowest BCUT2D eigenvalue weighted by Crippen LogP contribution is -2.47. The molecule has 1 aromatic carbocycles. The van der Waals surface area contributed by atoms with E-state index in [0.29, 0.717) is 18.8 Å². The quantitative estimate of drug-likeness (QED) is 0.515. The van der Waals surface area contributed by atoms with Gasteiger partial charge < -0.3 is 19.6 Å². The third kappa shape index (κ3) is 5.37. The fourth-order valence-corrected chi connectivity index (χ4v) is 5.07. The fraction of sp³-hybridized carbons (Fsp3) is 0.520. The lowest BCUT2D eigenvalue weighted by molar-refractivity contribution is -0.125. The van der Waals surface area contributed by atoms with Crippen molar-refractivity contribution in [2.24, 2.45) is 5.92 Å². The van der Waals surface area contributed by atoms with Crippen LogP contribution < -0.4 is 15.1 Å². The Balaban J connectivity index is 1.05. The highest BCUT2D eigenvalue weighted by Crippen LogP contribution is 2.29. The predicted molar refractivity (Wildman–Crippen MR) is 132 cm³/mol. The zero-order valence-electron chi connectivity index (χ0n) is 20.1. The van der Waals surface area contributed by atoms with Gasteiger partial charge in [0.15, 0.2) is 0 Å². The second kappa shape index (κ2) is 10.6. The number of hydrogen-bond acceptors (Lipinski definition) is 8. The number of anilines is 2. The molecule has 0 saturated carbocycles. The van der Waals surface area contributed by atoms with Gasteiger partial charge in [-0.15, -0.1) is 0 Å². The molecule has 0 bridgehead atoms. The molecule has 0 unspecified atom stereocenters. The largest absolute Gasteiger partial charge is 0.369 e. The summed E-state index contributed by atoms with van der Waals surface area (Å²) in [5.74, 6) is 0.648. The molecule has 9 nitrogen and oxygen atoms in total. The van der Waals surface area contributed by atoms with Crippen LogP contribution in [0.25, 0.3) is 11.1 Å². The number of piperidine rings is 1. The topological polar surface area (TPSA) is 90.6 Å². The average molecular weight is 482 g/mol. The number of amides is 1. The molecule has 0 radical (unpaired) electrons. The number of aryl methyl sites for hydroxylation is 1. The Labute approximate surface area is 204 Å². The molecule has 186 valence electrons. The number of piperazine rings is 1. The normalized spacial score (nSPS) is 19.3. The lowest BCUT2D eigenvalue weighted by atomic mass is 9.97. The summed E-state index contributed by atoms with van der Waals surface area (Å²) in [6.45, 7) is 8.80. The van der Waals surface area contributed by atoms with Crippen molar-refractivity contribution < 1.29 is 13.7 Å². The molecule has 1 amide bonds. The Bertz CT molecular complexity index is 1140. The Morgan fingerprint density at radius 3 is 2.71 bits per heavy atom. The van der Waals surface area contributed by atoms with Gasteiger partial charge in [-0.05, 0) is 57.0 Å². The second-order valence-corrected chi connectivity index (χ2v) is 9.38. The molecule has 10 heteroatoms. The molecule has 0 spiro atoms. The number of fused-ring (bicyclic) bond motifs is 1. The summed E-state index contributed by atoms with van der Waals surface area (Å²) >= 11 is 0. The van der Waals surface area contributed by atoms with Crippen molar-refractivity contribution in [3.8, 4) is 0 Å². The van der Waals surface area contributed by atoms with E-state index in [1.165, 1.54) is 18.5 Å². The van der Waals surface area contributed by atoms with Crippen LogP contribution in [0.4, 0.5) is 15.9 Å². The van der Waals surface area contributed by atoms with Crippen LogP contribution >= 0.6 is 0 Å². The van der Waals surface area contributed by atoms with Crippen LogP contribution in [0.1, 0.15) is 25.0 Å². The Kier molecular flexibility index (Phi) is 7.08. The molecule has 5 rings (SSSR count). The van der Waals surface area contributed by atoms with Gasteiger partial charge in [0.25, 0.3) is 5.71 Å². The third-order valence-electron chi connectivity index (χ3n) is 7.03. The van der Waals surface area contributed by atoms with Crippen LogP contribution in [0.5, 0.6) is 0 Å². The van der Waals surface area contributed by atoms with Gasteiger partial charge in [-0.1, -0.05) is 5.16 Å². The maximum atomic E-state index is 13.2. The molecule has 1 N–H and O–H groups in total. The van der Waals surface area contributed by atoms with E-state index < -0.39 is 0 Å². The van der Waals surface area contributed by atoms with Gasteiger partial charge in [-0.3, -0.25) is 9.69 Å². The number of nitrogens with zero attached hydrogens (tertiary/aromatic N) is 6. The monoisotopic (exact) mass is 481 g/mol. The summed E-state index contributed by atoms with van der Waals surface area (Å²) in [6.07, 6.45) is 4.23. The first-order valence-electron chi connectivity index (χ1n) is 12.4. The van der Waals surface area contributed by atoms with Gasteiger partial charge in [0.05, 0.1) is 11.6 Å². The molecule has 2 aliphatic rings. The molecule has 2 aliphatic heterocycles. The molecule has 1 atom stereocenters. The number of carbonyl (C=O) groups is 1. The van der Waals surface area contributed by atoms with Crippen molar-refractivity contribution in [3.05, 3.63) is 42.1 Å². The van der Waals surface area contributed by atoms with E-state index in [4.69, 9.17) is 4.52 Å². The predicted octanol–water partition coefficient (Wildman–Crippen LogP) is 2.61. The Morgan fingerprint density at radius 2 is 1.91 bits per heavy atom. The van der Waals surface area contributed by atoms with Crippen LogP contribution in [0.2, 0.25) is 0 Å². The standard InChI is InChI=1S/C25H32FN7O2/c1-18-22-23(28-17-29-25(22)35-30-18)33-11-2-4-19(16-33)24(34)27-9-3-10-31-12-14-32(15-13-31)21-7-5-20(26)6-8-21/h5-8,17,19H,2-4,9-16H2,1H3,(H,27,34)/t19-/m0/s1. The minimum Gasteiger partial charge on any atom is -0.369 e. The summed E-state index contributed by atoms with van der Waals surface area (Å²) in [6, 6.07) is 6.71. The van der Waals surface area contributed by atoms with Crippen molar-refractivity contribution in [1.82, 2.24) is 25.3 Å². The molecular weight excluding hydrogens is 449 g/mol. The van der Waals surface area contributed by atoms with Gasteiger partial charge in [0.2, 0.25) is 5.91 Å². The van der Waals surface area contributed by atoms with Gasteiger partial charge in [0, 0.05) is 51.5 Å². The molecule has 2 fully saturated rings. The number of aromatic nitrogens is 3. The maximum Gasteiger partial charge on any atom is 0.263 e. The first kappa shape index (κ1) is 23.5. The van der Waals surface area contributed by atoms with Gasteiger partial charge >= 0.3 is 0 Å². The molecule has 2 saturated heterocycles. The van der Waals surface area contributed by atoms with Crippen LogP contribution in [0, 0.1) is 18.7 Å². The van der Waals surface area contributed by atoms with Crippen molar-refractivity contribution in [2.75, 3.05) is 62.2 Å². The van der Waals surface area contributed by atoms with Gasteiger partial charge in [0.1, 0.15) is 23.3 Å². The summed E-state index contributed by atoms with van der Waals surface area (Å²) in [5.41, 5.74) is 2.32. The van der Waals surface area contributed by atoms with Crippen molar-refractivity contribution in [1.29, 1.82) is 0 Å². The highest BCUT2D eigenvalue weighted by Gasteiger charge is 2.28. The Morgan fingerprint density at radius 1 is 1.11 bits per heavy atom. The van der Waals surface area contributed by atoms with Crippen LogP contribution in [-0.2, 0) is 4.79 Å². The first-order valence-corrected chi connectivity index (χ1v) is 12.4. The second-order valence-electron chi connectivity index (χ2n) is 9.38. The SMILES string of the molecule is Cc1noc2ncnc(N3CCC[C@H](C(=O)NCCCN4CCN(c5ccc(F)cc5)CC4)C3)c12. The van der Waals surface area contributed by atoms with E-state index in [1.54, 1.807) is 0 Å². The number of halogens is 1. The number of nitrogens with one attached hydrogen (secondary N) is 1. The van der Waals surface area contributed by atoms with E-state index in [9.17, 15) is 9.18 Å². The van der Waals surface area contributed by atoms with E-state index in [2.05, 4.69) is 35.1 Å². The van der Waals surface area contributed by atoms with E-state index in [0.717, 1.165) is 81.1 Å². The Hall–Kier alpha value is -3.27. The molecule has 0 aliphatic carbocycles. The van der Waals surface area contributed by atoms with Gasteiger partial charge in [-0.2, -0.15) is 4.98 Å².